The van der Waals surface area contributed by atoms with Gasteiger partial charge < -0.3 is 15.0 Å². The Morgan fingerprint density at radius 1 is 0.865 bits per heavy atom. The van der Waals surface area contributed by atoms with Crippen molar-refractivity contribution >= 4 is 23.3 Å². The molecule has 0 spiro atoms. The summed E-state index contributed by atoms with van der Waals surface area (Å²) in [6.45, 7) is 0. The van der Waals surface area contributed by atoms with Crippen LogP contribution in [-0.4, -0.2) is 22.6 Å². The summed E-state index contributed by atoms with van der Waals surface area (Å²) in [7, 11) is 0. The van der Waals surface area contributed by atoms with Gasteiger partial charge >= 0.3 is 16.5 Å². The fourth-order valence-electron chi connectivity index (χ4n) is 3.46. The summed E-state index contributed by atoms with van der Waals surface area (Å²) in [6, 6.07) is 26.6. The van der Waals surface area contributed by atoms with Crippen LogP contribution >= 0.6 is 0 Å². The van der Waals surface area contributed by atoms with Gasteiger partial charge in [-0.05, 0) is 41.5 Å². The van der Waals surface area contributed by atoms with Crippen molar-refractivity contribution in [3.8, 4) is 0 Å². The van der Waals surface area contributed by atoms with E-state index in [-0.39, 0.29) is 34.2 Å². The molecule has 0 amide bonds. The molecule has 6 nitrogen and oxygen atoms in total. The van der Waals surface area contributed by atoms with Crippen molar-refractivity contribution in [1.29, 1.82) is 0 Å². The number of para-hydroxylation sites is 1. The zero-order chi connectivity index (χ0) is 25.3. The van der Waals surface area contributed by atoms with Gasteiger partial charge in [0.15, 0.2) is 0 Å². The van der Waals surface area contributed by atoms with Gasteiger partial charge in [-0.1, -0.05) is 66.7 Å². The number of rotatable bonds is 8. The van der Waals surface area contributed by atoms with Crippen molar-refractivity contribution in [3.05, 3.63) is 143 Å². The van der Waals surface area contributed by atoms with Gasteiger partial charge in [0.1, 0.15) is 5.82 Å². The Hall–Kier alpha value is -4.42. The first-order chi connectivity index (χ1) is 17.5. The summed E-state index contributed by atoms with van der Waals surface area (Å²) in [5.74, 6) is -2.32. The molecule has 0 bridgehead atoms. The van der Waals surface area contributed by atoms with Crippen LogP contribution in [0.5, 0.6) is 0 Å². The maximum Gasteiger partial charge on any atom is 2.00 e. The monoisotopic (exact) mass is 535 g/mol. The molecule has 0 unspecified atom stereocenters. The largest absolute Gasteiger partial charge is 2.00 e. The fourth-order valence-corrected chi connectivity index (χ4v) is 3.46. The second-order valence-corrected chi connectivity index (χ2v) is 7.74. The molecule has 1 aromatic heterocycles. The normalized spacial score (nSPS) is 12.1. The number of carboxylic acids is 1. The maximum absolute atomic E-state index is 13.2. The van der Waals surface area contributed by atoms with Crippen molar-refractivity contribution < 1.29 is 35.9 Å². The second-order valence-electron chi connectivity index (χ2n) is 7.74. The number of hydrogen-bond donors (Lipinski definition) is 0. The number of hydrogen-bond acceptors (Lipinski definition) is 6. The van der Waals surface area contributed by atoms with Gasteiger partial charge in [0.25, 0.3) is 0 Å². The number of carboxylic acid groups (broad SMARTS) is 1. The molecule has 37 heavy (non-hydrogen) atoms. The van der Waals surface area contributed by atoms with E-state index in [2.05, 4.69) is 15.0 Å². The zero-order valence-corrected chi connectivity index (χ0v) is 20.3. The molecule has 8 heteroatoms. The maximum atomic E-state index is 13.2. The summed E-state index contributed by atoms with van der Waals surface area (Å²) in [5.41, 5.74) is 2.71. The van der Waals surface area contributed by atoms with Crippen LogP contribution < -0.4 is 10.2 Å². The number of carbonyl (C=O) groups excluding carboxylic acids is 1. The van der Waals surface area contributed by atoms with Gasteiger partial charge in [-0.3, -0.25) is 15.0 Å². The Kier molecular flexibility index (Phi) is 9.58. The molecule has 0 aliphatic heterocycles. The molecule has 0 atom stereocenters. The SMILES string of the molecule is O=C([O-])/C(=C\N=C(c1ccccc1)c1ccccc1N=C([O-])c1ccccn1)Cc1ccc(F)cc1.[Ni+2]. The number of aliphatic carboxylic acids is 1. The Morgan fingerprint density at radius 2 is 1.54 bits per heavy atom. The number of carbonyl (C=O) groups is 1. The van der Waals surface area contributed by atoms with Gasteiger partial charge in [0, 0.05) is 35.8 Å². The van der Waals surface area contributed by atoms with Crippen LogP contribution in [0.25, 0.3) is 0 Å². The predicted octanol–water partition coefficient (Wildman–Crippen LogP) is 3.37. The van der Waals surface area contributed by atoms with Crippen LogP contribution in [0.4, 0.5) is 10.1 Å². The Morgan fingerprint density at radius 3 is 2.22 bits per heavy atom. The first-order valence-corrected chi connectivity index (χ1v) is 11.1. The first-order valence-electron chi connectivity index (χ1n) is 11.1. The van der Waals surface area contributed by atoms with Gasteiger partial charge in [-0.2, -0.15) is 0 Å². The molecule has 186 valence electrons. The minimum atomic E-state index is -1.39. The van der Waals surface area contributed by atoms with Crippen molar-refractivity contribution in [2.75, 3.05) is 0 Å². The van der Waals surface area contributed by atoms with Crippen LogP contribution in [-0.2, 0) is 27.7 Å². The first kappa shape index (κ1) is 27.2. The Bertz CT molecular complexity index is 1440. The smallest absolute Gasteiger partial charge is 0.857 e. The number of benzene rings is 3. The number of pyridine rings is 1. The van der Waals surface area contributed by atoms with Crippen LogP contribution in [0.1, 0.15) is 22.4 Å². The summed E-state index contributed by atoms with van der Waals surface area (Å²) >= 11 is 0. The third-order valence-corrected chi connectivity index (χ3v) is 5.23. The Balaban J connectivity index is 0.00000380. The van der Waals surface area contributed by atoms with E-state index in [1.165, 1.54) is 36.7 Å². The summed E-state index contributed by atoms with van der Waals surface area (Å²) in [4.78, 5) is 24.6. The van der Waals surface area contributed by atoms with Crippen molar-refractivity contribution in [2.24, 2.45) is 9.98 Å². The zero-order valence-electron chi connectivity index (χ0n) is 19.4. The second kappa shape index (κ2) is 13.0. The average molecular weight is 536 g/mol. The average Bonchev–Trinajstić information content (AvgIpc) is 2.91. The molecule has 4 aromatic rings. The minimum Gasteiger partial charge on any atom is -0.857 e. The fraction of sp³-hybridized carbons (Fsp3) is 0.0345. The molecule has 0 fully saturated rings. The van der Waals surface area contributed by atoms with E-state index in [1.807, 2.05) is 30.3 Å². The topological polar surface area (TPSA) is 101 Å². The predicted molar refractivity (Wildman–Crippen MR) is 132 cm³/mol. The van der Waals surface area contributed by atoms with E-state index >= 15 is 0 Å². The van der Waals surface area contributed by atoms with Crippen LogP contribution in [0.15, 0.2) is 125 Å². The number of nitrogens with zero attached hydrogens (tertiary/aromatic N) is 3. The molecule has 0 aliphatic carbocycles. The summed E-state index contributed by atoms with van der Waals surface area (Å²) in [5, 5.41) is 24.5. The van der Waals surface area contributed by atoms with Gasteiger partial charge in [0.05, 0.1) is 23.1 Å². The van der Waals surface area contributed by atoms with E-state index in [1.54, 1.807) is 42.5 Å². The summed E-state index contributed by atoms with van der Waals surface area (Å²) < 4.78 is 13.2. The third kappa shape index (κ3) is 7.29. The van der Waals surface area contributed by atoms with E-state index in [0.717, 1.165) is 0 Å². The molecule has 0 saturated heterocycles. The third-order valence-electron chi connectivity index (χ3n) is 5.23. The van der Waals surface area contributed by atoms with Crippen molar-refractivity contribution in [3.63, 3.8) is 0 Å². The van der Waals surface area contributed by atoms with E-state index in [4.69, 9.17) is 0 Å². The number of aliphatic imine (C=N–C) groups is 2. The van der Waals surface area contributed by atoms with Crippen LogP contribution in [0.3, 0.4) is 0 Å². The van der Waals surface area contributed by atoms with Gasteiger partial charge in [0.2, 0.25) is 0 Å². The van der Waals surface area contributed by atoms with Crippen LogP contribution in [0, 0.1) is 5.82 Å². The molecule has 0 saturated carbocycles. The molecule has 0 aliphatic rings. The van der Waals surface area contributed by atoms with Gasteiger partial charge in [-0.25, -0.2) is 4.39 Å². The molecule has 0 radical (unpaired) electrons. The number of aromatic nitrogens is 1. The van der Waals surface area contributed by atoms with E-state index < -0.39 is 17.7 Å². The Labute approximate surface area is 223 Å². The molecule has 1 heterocycles. The van der Waals surface area contributed by atoms with Crippen molar-refractivity contribution in [2.45, 2.75) is 6.42 Å². The van der Waals surface area contributed by atoms with E-state index in [0.29, 0.717) is 28.1 Å². The molecule has 0 N–H and O–H groups in total. The minimum absolute atomic E-state index is 0. The van der Waals surface area contributed by atoms with Crippen LogP contribution in [0.2, 0.25) is 0 Å². The quantitative estimate of drug-likeness (QED) is 0.149. The summed E-state index contributed by atoms with van der Waals surface area (Å²) in [6.07, 6.45) is 2.73. The van der Waals surface area contributed by atoms with Gasteiger partial charge in [-0.15, -0.1) is 0 Å². The van der Waals surface area contributed by atoms with E-state index in [9.17, 15) is 19.4 Å². The molecular weight excluding hydrogens is 516 g/mol. The molecule has 3 aromatic carbocycles. The number of halogens is 1. The van der Waals surface area contributed by atoms with Crippen molar-refractivity contribution in [1.82, 2.24) is 4.98 Å². The molecule has 4 rings (SSSR count). The molecular formula is C29H20FN3NiO3. The standard InChI is InChI=1S/C29H22FN3O3.Ni/c30-23-15-13-20(14-16-23)18-22(29(35)36)19-32-27(21-8-2-1-3-9-21)24-10-4-5-11-25(24)33-28(34)26-12-6-7-17-31-26;/h1-17,19H,18H2,(H,33,34)(H,35,36);/q;+2/p-2/b22-19-,32-27?;.